The van der Waals surface area contributed by atoms with Gasteiger partial charge in [-0.05, 0) is 25.0 Å². The molecule has 2 fully saturated rings. The van der Waals surface area contributed by atoms with Crippen molar-refractivity contribution < 1.29 is 18.0 Å². The Balaban J connectivity index is 1.77. The van der Waals surface area contributed by atoms with Crippen LogP contribution in [-0.4, -0.2) is 23.1 Å². The first-order chi connectivity index (χ1) is 10.6. The van der Waals surface area contributed by atoms with E-state index in [1.54, 1.807) is 0 Å². The van der Waals surface area contributed by atoms with Crippen molar-refractivity contribution in [1.82, 2.24) is 10.3 Å². The molecule has 116 valence electrons. The van der Waals surface area contributed by atoms with E-state index in [9.17, 15) is 13.6 Å². The van der Waals surface area contributed by atoms with Gasteiger partial charge in [-0.3, -0.25) is 0 Å². The highest BCUT2D eigenvalue weighted by Gasteiger charge is 2.42. The lowest BCUT2D eigenvalue weighted by molar-refractivity contribution is 0.249. The summed E-state index contributed by atoms with van der Waals surface area (Å²) in [5.41, 5.74) is -0.0429. The van der Waals surface area contributed by atoms with Crippen LogP contribution in [0.1, 0.15) is 32.1 Å². The molecular weight excluding hydrogens is 292 g/mol. The second kappa shape index (κ2) is 4.93. The fourth-order valence-corrected chi connectivity index (χ4v) is 3.40. The Labute approximate surface area is 125 Å². The van der Waals surface area contributed by atoms with Gasteiger partial charge in [0, 0.05) is 0 Å². The van der Waals surface area contributed by atoms with E-state index >= 15 is 0 Å². The molecule has 1 saturated carbocycles. The molecule has 2 amide bonds. The van der Waals surface area contributed by atoms with Crippen LogP contribution in [0.25, 0.3) is 11.1 Å². The fraction of sp³-hybridized carbons (Fsp3) is 0.467. The van der Waals surface area contributed by atoms with Crippen LogP contribution in [0.3, 0.4) is 0 Å². The van der Waals surface area contributed by atoms with E-state index in [1.165, 1.54) is 11.0 Å². The minimum atomic E-state index is -1.08. The van der Waals surface area contributed by atoms with Crippen molar-refractivity contribution in [1.29, 1.82) is 0 Å². The monoisotopic (exact) mass is 307 g/mol. The van der Waals surface area contributed by atoms with Gasteiger partial charge in [0.1, 0.15) is 5.52 Å². The maximum absolute atomic E-state index is 13.8. The lowest BCUT2D eigenvalue weighted by atomic mass is 10.0. The van der Waals surface area contributed by atoms with E-state index in [0.717, 1.165) is 38.2 Å². The average Bonchev–Trinajstić information content (AvgIpc) is 2.97. The molecule has 22 heavy (non-hydrogen) atoms. The first-order valence-electron chi connectivity index (χ1n) is 7.49. The summed E-state index contributed by atoms with van der Waals surface area (Å²) < 4.78 is 32.4. The van der Waals surface area contributed by atoms with Gasteiger partial charge in [0.05, 0.1) is 12.1 Å². The van der Waals surface area contributed by atoms with Gasteiger partial charge in [-0.2, -0.15) is 9.37 Å². The maximum atomic E-state index is 13.8. The summed E-state index contributed by atoms with van der Waals surface area (Å²) in [5.74, 6) is -2.07. The number of nitrogens with one attached hydrogen (secondary N) is 1. The Kier molecular flexibility index (Phi) is 3.02. The third-order valence-electron chi connectivity index (χ3n) is 4.48. The summed E-state index contributed by atoms with van der Waals surface area (Å²) in [5, 5.41) is 2.93. The third kappa shape index (κ3) is 1.95. The third-order valence-corrected chi connectivity index (χ3v) is 4.48. The van der Waals surface area contributed by atoms with Crippen LogP contribution in [0.4, 0.5) is 19.6 Å². The lowest BCUT2D eigenvalue weighted by Crippen LogP contribution is -2.36. The van der Waals surface area contributed by atoms with Gasteiger partial charge in [0.25, 0.3) is 0 Å². The van der Waals surface area contributed by atoms with E-state index < -0.39 is 11.6 Å². The van der Waals surface area contributed by atoms with Gasteiger partial charge in [-0.15, -0.1) is 0 Å². The van der Waals surface area contributed by atoms with Gasteiger partial charge in [-0.1, -0.05) is 19.3 Å². The summed E-state index contributed by atoms with van der Waals surface area (Å²) in [7, 11) is 0. The number of hydrogen-bond donors (Lipinski definition) is 1. The highest BCUT2D eigenvalue weighted by atomic mass is 19.2. The number of fused-ring (bicyclic) bond motifs is 2. The molecule has 0 spiro atoms. The SMILES string of the molecule is O=C1NC2CCCCCC2N1c1nc2ccc(F)c(F)c2o1. The summed E-state index contributed by atoms with van der Waals surface area (Å²) in [6, 6.07) is 2.11. The zero-order chi connectivity index (χ0) is 15.3. The number of oxazole rings is 1. The Bertz CT molecular complexity index is 746. The molecule has 2 aromatic rings. The molecule has 0 radical (unpaired) electrons. The number of aromatic nitrogens is 1. The Hall–Kier alpha value is -2.18. The van der Waals surface area contributed by atoms with Gasteiger partial charge in [-0.25, -0.2) is 14.1 Å². The molecule has 0 bridgehead atoms. The maximum Gasteiger partial charge on any atom is 0.326 e. The second-order valence-electron chi connectivity index (χ2n) is 5.84. The molecule has 1 aliphatic carbocycles. The van der Waals surface area contributed by atoms with Crippen LogP contribution in [0, 0.1) is 11.6 Å². The van der Waals surface area contributed by atoms with Crippen molar-refractivity contribution in [2.75, 3.05) is 4.90 Å². The first kappa shape index (κ1) is 13.5. The standard InChI is InChI=1S/C15H15F2N3O2/c16-8-6-7-10-13(12(8)17)22-15(19-10)20-11-5-3-1-2-4-9(11)18-14(20)21/h6-7,9,11H,1-5H2,(H,18,21). The van der Waals surface area contributed by atoms with Crippen molar-refractivity contribution in [2.24, 2.45) is 0 Å². The van der Waals surface area contributed by atoms with Gasteiger partial charge in [0.2, 0.25) is 5.82 Å². The number of halogens is 2. The van der Waals surface area contributed by atoms with E-state index in [2.05, 4.69) is 10.3 Å². The van der Waals surface area contributed by atoms with E-state index in [1.807, 2.05) is 0 Å². The van der Waals surface area contributed by atoms with Crippen LogP contribution in [-0.2, 0) is 0 Å². The summed E-state index contributed by atoms with van der Waals surface area (Å²) in [6.07, 6.45) is 4.98. The molecule has 1 aromatic heterocycles. The largest absolute Gasteiger partial charge is 0.420 e. The number of rotatable bonds is 1. The van der Waals surface area contributed by atoms with Crippen LogP contribution < -0.4 is 10.2 Å². The number of hydrogen-bond acceptors (Lipinski definition) is 3. The minimum Gasteiger partial charge on any atom is -0.420 e. The van der Waals surface area contributed by atoms with Gasteiger partial charge < -0.3 is 9.73 Å². The lowest BCUT2D eigenvalue weighted by Gasteiger charge is -2.21. The number of anilines is 1. The van der Waals surface area contributed by atoms with E-state index in [4.69, 9.17) is 4.42 Å². The van der Waals surface area contributed by atoms with Crippen molar-refractivity contribution in [3.8, 4) is 0 Å². The Morgan fingerprint density at radius 1 is 1.23 bits per heavy atom. The predicted octanol–water partition coefficient (Wildman–Crippen LogP) is 3.34. The number of carbonyl (C=O) groups excluding carboxylic acids is 1. The summed E-state index contributed by atoms with van der Waals surface area (Å²) >= 11 is 0. The molecular formula is C15H15F2N3O2. The molecule has 1 aliphatic heterocycles. The molecule has 2 heterocycles. The predicted molar refractivity (Wildman–Crippen MR) is 75.6 cm³/mol. The Morgan fingerprint density at radius 2 is 2.05 bits per heavy atom. The number of nitrogens with zero attached hydrogens (tertiary/aromatic N) is 2. The Morgan fingerprint density at radius 3 is 2.91 bits per heavy atom. The summed E-state index contributed by atoms with van der Waals surface area (Å²) in [4.78, 5) is 17.8. The molecule has 4 rings (SSSR count). The molecule has 2 aliphatic rings. The molecule has 1 saturated heterocycles. The number of benzene rings is 1. The van der Waals surface area contributed by atoms with Crippen molar-refractivity contribution in [3.05, 3.63) is 23.8 Å². The highest BCUT2D eigenvalue weighted by Crippen LogP contribution is 2.33. The number of carbonyl (C=O) groups is 1. The zero-order valence-electron chi connectivity index (χ0n) is 11.8. The molecule has 2 atom stereocenters. The topological polar surface area (TPSA) is 58.4 Å². The van der Waals surface area contributed by atoms with Crippen LogP contribution in [0.15, 0.2) is 16.5 Å². The van der Waals surface area contributed by atoms with Crippen LogP contribution in [0.2, 0.25) is 0 Å². The van der Waals surface area contributed by atoms with Crippen molar-refractivity contribution in [3.63, 3.8) is 0 Å². The fourth-order valence-electron chi connectivity index (χ4n) is 3.40. The van der Waals surface area contributed by atoms with E-state index in [0.29, 0.717) is 0 Å². The second-order valence-corrected chi connectivity index (χ2v) is 5.84. The molecule has 5 nitrogen and oxygen atoms in total. The number of amides is 2. The van der Waals surface area contributed by atoms with Crippen LogP contribution in [0.5, 0.6) is 0 Å². The highest BCUT2D eigenvalue weighted by molar-refractivity contribution is 5.94. The number of urea groups is 1. The summed E-state index contributed by atoms with van der Waals surface area (Å²) in [6.45, 7) is 0. The normalized spacial score (nSPS) is 25.2. The average molecular weight is 307 g/mol. The zero-order valence-corrected chi connectivity index (χ0v) is 11.8. The quantitative estimate of drug-likeness (QED) is 0.879. The van der Waals surface area contributed by atoms with Crippen molar-refractivity contribution in [2.45, 2.75) is 44.2 Å². The molecule has 7 heteroatoms. The molecule has 2 unspecified atom stereocenters. The van der Waals surface area contributed by atoms with Crippen molar-refractivity contribution >= 4 is 23.1 Å². The molecule has 1 N–H and O–H groups in total. The minimum absolute atomic E-state index is 0.0337. The smallest absolute Gasteiger partial charge is 0.326 e. The molecule has 1 aromatic carbocycles. The van der Waals surface area contributed by atoms with E-state index in [-0.39, 0.29) is 35.2 Å². The van der Waals surface area contributed by atoms with Gasteiger partial charge in [0.15, 0.2) is 11.4 Å². The van der Waals surface area contributed by atoms with Crippen LogP contribution >= 0.6 is 0 Å². The first-order valence-corrected chi connectivity index (χ1v) is 7.49. The van der Waals surface area contributed by atoms with Gasteiger partial charge >= 0.3 is 12.0 Å².